The SMILES string of the molecule is C[C@@H](C1CC1)n1nccc1NC(=O)C(=O)Nc1cccc(-c2ncc3n2CCCC3)c1. The van der Waals surface area contributed by atoms with Crippen molar-refractivity contribution in [2.75, 3.05) is 10.6 Å². The number of nitrogens with one attached hydrogen (secondary N) is 2. The van der Waals surface area contributed by atoms with Gasteiger partial charge in [0.25, 0.3) is 0 Å². The monoisotopic (exact) mass is 418 g/mol. The number of nitrogens with zero attached hydrogens (tertiary/aromatic N) is 4. The number of aryl methyl sites for hydroxylation is 1. The second-order valence-corrected chi connectivity index (χ2v) is 8.41. The van der Waals surface area contributed by atoms with Gasteiger partial charge in [0.2, 0.25) is 0 Å². The molecule has 8 heteroatoms. The maximum absolute atomic E-state index is 12.5. The van der Waals surface area contributed by atoms with Gasteiger partial charge in [-0.15, -0.1) is 0 Å². The van der Waals surface area contributed by atoms with Gasteiger partial charge in [-0.05, 0) is 57.1 Å². The molecule has 1 atom stereocenters. The van der Waals surface area contributed by atoms with E-state index in [1.165, 1.54) is 25.0 Å². The number of anilines is 2. The van der Waals surface area contributed by atoms with Crippen LogP contribution in [0.2, 0.25) is 0 Å². The van der Waals surface area contributed by atoms with Gasteiger partial charge in [0.1, 0.15) is 11.6 Å². The number of carbonyl (C=O) groups is 2. The average molecular weight is 419 g/mol. The van der Waals surface area contributed by atoms with E-state index in [4.69, 9.17) is 0 Å². The summed E-state index contributed by atoms with van der Waals surface area (Å²) in [4.78, 5) is 29.6. The lowest BCUT2D eigenvalue weighted by molar-refractivity contribution is -0.133. The second kappa shape index (κ2) is 8.02. The summed E-state index contributed by atoms with van der Waals surface area (Å²) in [6.07, 6.45) is 9.28. The highest BCUT2D eigenvalue weighted by atomic mass is 16.2. The van der Waals surface area contributed by atoms with Gasteiger partial charge in [-0.25, -0.2) is 9.67 Å². The molecule has 1 aromatic carbocycles. The highest BCUT2D eigenvalue weighted by molar-refractivity contribution is 6.43. The predicted molar refractivity (Wildman–Crippen MR) is 118 cm³/mol. The molecule has 0 radical (unpaired) electrons. The highest BCUT2D eigenvalue weighted by Crippen LogP contribution is 2.40. The maximum Gasteiger partial charge on any atom is 0.315 e. The van der Waals surface area contributed by atoms with Crippen LogP contribution >= 0.6 is 0 Å². The Labute approximate surface area is 180 Å². The minimum absolute atomic E-state index is 0.200. The van der Waals surface area contributed by atoms with Gasteiger partial charge in [-0.1, -0.05) is 12.1 Å². The van der Waals surface area contributed by atoms with Crippen molar-refractivity contribution < 1.29 is 9.59 Å². The normalized spacial score (nSPS) is 16.4. The third kappa shape index (κ3) is 3.97. The van der Waals surface area contributed by atoms with Crippen LogP contribution in [0.5, 0.6) is 0 Å². The van der Waals surface area contributed by atoms with E-state index in [1.807, 2.05) is 24.4 Å². The molecule has 2 aliphatic rings. The minimum Gasteiger partial charge on any atom is -0.328 e. The third-order valence-corrected chi connectivity index (χ3v) is 6.19. The Kier molecular flexibility index (Phi) is 5.05. The summed E-state index contributed by atoms with van der Waals surface area (Å²) in [6, 6.07) is 9.37. The standard InChI is InChI=1S/C23H26N6O2/c1-15(16-8-9-16)29-20(10-11-25-29)27-23(31)22(30)26-18-6-4-5-17(13-18)21-24-14-19-7-2-3-12-28(19)21/h4-6,10-11,13-16H,2-3,7-9,12H2,1H3,(H,26,30)(H,27,31)/t15-/m0/s1. The number of fused-ring (bicyclic) bond motifs is 1. The number of aromatic nitrogens is 4. The minimum atomic E-state index is -0.714. The summed E-state index contributed by atoms with van der Waals surface area (Å²) in [7, 11) is 0. The first-order valence-electron chi connectivity index (χ1n) is 10.9. The van der Waals surface area contributed by atoms with E-state index < -0.39 is 11.8 Å². The number of amides is 2. The number of rotatable bonds is 5. The van der Waals surface area contributed by atoms with Gasteiger partial charge < -0.3 is 15.2 Å². The zero-order valence-electron chi connectivity index (χ0n) is 17.5. The van der Waals surface area contributed by atoms with Crippen LogP contribution < -0.4 is 10.6 Å². The number of hydrogen-bond donors (Lipinski definition) is 2. The molecule has 1 fully saturated rings. The summed E-state index contributed by atoms with van der Waals surface area (Å²) in [5, 5.41) is 9.70. The molecular weight excluding hydrogens is 392 g/mol. The van der Waals surface area contributed by atoms with Crippen LogP contribution in [0.4, 0.5) is 11.5 Å². The zero-order chi connectivity index (χ0) is 21.4. The molecule has 5 rings (SSSR count). The first-order chi connectivity index (χ1) is 15.1. The first kappa shape index (κ1) is 19.5. The molecule has 0 unspecified atom stereocenters. The largest absolute Gasteiger partial charge is 0.328 e. The summed E-state index contributed by atoms with van der Waals surface area (Å²) >= 11 is 0. The molecule has 8 nitrogen and oxygen atoms in total. The fraction of sp³-hybridized carbons (Fsp3) is 0.391. The molecule has 160 valence electrons. The van der Waals surface area contributed by atoms with E-state index >= 15 is 0 Å². The van der Waals surface area contributed by atoms with E-state index in [0.717, 1.165) is 30.8 Å². The van der Waals surface area contributed by atoms with E-state index in [9.17, 15) is 9.59 Å². The first-order valence-corrected chi connectivity index (χ1v) is 10.9. The van der Waals surface area contributed by atoms with E-state index in [-0.39, 0.29) is 6.04 Å². The lowest BCUT2D eigenvalue weighted by Crippen LogP contribution is -2.30. The zero-order valence-corrected chi connectivity index (χ0v) is 17.5. The number of benzene rings is 1. The molecule has 3 heterocycles. The lowest BCUT2D eigenvalue weighted by Gasteiger charge is -2.17. The van der Waals surface area contributed by atoms with Crippen LogP contribution in [-0.4, -0.2) is 31.1 Å². The summed E-state index contributed by atoms with van der Waals surface area (Å²) in [5.74, 6) is 0.591. The molecule has 1 aliphatic carbocycles. The fourth-order valence-corrected chi connectivity index (χ4v) is 4.28. The average Bonchev–Trinajstić information content (AvgIpc) is 3.38. The molecule has 3 aromatic rings. The Balaban J connectivity index is 1.28. The quantitative estimate of drug-likeness (QED) is 0.619. The van der Waals surface area contributed by atoms with Crippen LogP contribution in [0, 0.1) is 5.92 Å². The van der Waals surface area contributed by atoms with Gasteiger partial charge in [-0.3, -0.25) is 9.59 Å². The van der Waals surface area contributed by atoms with Crippen LogP contribution in [0.25, 0.3) is 11.4 Å². The molecule has 2 N–H and O–H groups in total. The van der Waals surface area contributed by atoms with Crippen LogP contribution in [0.1, 0.15) is 44.3 Å². The molecule has 31 heavy (non-hydrogen) atoms. The number of hydrogen-bond acceptors (Lipinski definition) is 4. The van der Waals surface area contributed by atoms with Crippen molar-refractivity contribution in [1.82, 2.24) is 19.3 Å². The molecule has 0 saturated heterocycles. The topological polar surface area (TPSA) is 93.8 Å². The van der Waals surface area contributed by atoms with Gasteiger partial charge >= 0.3 is 11.8 Å². The predicted octanol–water partition coefficient (Wildman–Crippen LogP) is 3.63. The van der Waals surface area contributed by atoms with Crippen molar-refractivity contribution in [3.8, 4) is 11.4 Å². The highest BCUT2D eigenvalue weighted by Gasteiger charge is 2.31. The van der Waals surface area contributed by atoms with Crippen LogP contribution in [0.3, 0.4) is 0 Å². The van der Waals surface area contributed by atoms with Crippen molar-refractivity contribution in [2.24, 2.45) is 5.92 Å². The van der Waals surface area contributed by atoms with Crippen LogP contribution in [-0.2, 0) is 22.6 Å². The lowest BCUT2D eigenvalue weighted by atomic mass is 10.1. The van der Waals surface area contributed by atoms with Gasteiger partial charge in [0, 0.05) is 35.8 Å². The Bertz CT molecular complexity index is 1130. The summed E-state index contributed by atoms with van der Waals surface area (Å²) in [6.45, 7) is 3.04. The van der Waals surface area contributed by atoms with Gasteiger partial charge in [0.05, 0.1) is 12.2 Å². The molecule has 2 aromatic heterocycles. The van der Waals surface area contributed by atoms with Crippen molar-refractivity contribution in [1.29, 1.82) is 0 Å². The summed E-state index contributed by atoms with van der Waals surface area (Å²) in [5.41, 5.74) is 2.72. The molecule has 1 aliphatic heterocycles. The second-order valence-electron chi connectivity index (χ2n) is 8.41. The van der Waals surface area contributed by atoms with Crippen LogP contribution in [0.15, 0.2) is 42.7 Å². The van der Waals surface area contributed by atoms with E-state index in [2.05, 4.69) is 32.2 Å². The number of carbonyl (C=O) groups excluding carboxylic acids is 2. The van der Waals surface area contributed by atoms with E-state index in [1.54, 1.807) is 23.0 Å². The third-order valence-electron chi connectivity index (χ3n) is 6.19. The Morgan fingerprint density at radius 1 is 1.13 bits per heavy atom. The molecule has 0 bridgehead atoms. The number of imidazole rings is 1. The van der Waals surface area contributed by atoms with Gasteiger partial charge in [-0.2, -0.15) is 5.10 Å². The summed E-state index contributed by atoms with van der Waals surface area (Å²) < 4.78 is 4.02. The molecule has 0 spiro atoms. The Hall–Kier alpha value is -3.42. The van der Waals surface area contributed by atoms with Crippen molar-refractivity contribution in [3.05, 3.63) is 48.4 Å². The van der Waals surface area contributed by atoms with Crippen molar-refractivity contribution in [3.63, 3.8) is 0 Å². The van der Waals surface area contributed by atoms with Crippen molar-refractivity contribution in [2.45, 2.75) is 51.6 Å². The molecule has 2 amide bonds. The van der Waals surface area contributed by atoms with Crippen molar-refractivity contribution >= 4 is 23.3 Å². The Morgan fingerprint density at radius 3 is 2.81 bits per heavy atom. The molecular formula is C23H26N6O2. The smallest absolute Gasteiger partial charge is 0.315 e. The van der Waals surface area contributed by atoms with E-state index in [0.29, 0.717) is 17.4 Å². The Morgan fingerprint density at radius 2 is 1.97 bits per heavy atom. The molecule has 1 saturated carbocycles. The fourth-order valence-electron chi connectivity index (χ4n) is 4.28. The maximum atomic E-state index is 12.5. The van der Waals surface area contributed by atoms with Gasteiger partial charge in [0.15, 0.2) is 0 Å².